The first kappa shape index (κ1) is 22.0. The molecule has 0 atom stereocenters. The maximum Gasteiger partial charge on any atom is 0.343 e. The van der Waals surface area contributed by atoms with Crippen LogP contribution in [-0.4, -0.2) is 35.1 Å². The van der Waals surface area contributed by atoms with Crippen LogP contribution in [0.1, 0.15) is 26.3 Å². The van der Waals surface area contributed by atoms with Crippen LogP contribution < -0.4 is 0 Å². The fourth-order valence-corrected chi connectivity index (χ4v) is 3.00. The van der Waals surface area contributed by atoms with Crippen molar-refractivity contribution in [1.29, 1.82) is 0 Å². The maximum absolute atomic E-state index is 13.0. The van der Waals surface area contributed by atoms with Gasteiger partial charge in [-0.2, -0.15) is 0 Å². The minimum absolute atomic E-state index is 0.0132. The molecular weight excluding hydrogens is 414 g/mol. The fourth-order valence-electron chi connectivity index (χ4n) is 2.83. The van der Waals surface area contributed by atoms with Gasteiger partial charge in [-0.1, -0.05) is 66.7 Å². The van der Waals surface area contributed by atoms with Crippen LogP contribution in [0, 0.1) is 0 Å². The summed E-state index contributed by atoms with van der Waals surface area (Å²) in [6.45, 7) is 0.0132. The highest BCUT2D eigenvalue weighted by atomic mass is 35.5. The fraction of sp³-hybridized carbons (Fsp3) is 0.0800. The first-order chi connectivity index (χ1) is 15.1. The van der Waals surface area contributed by atoms with Gasteiger partial charge >= 0.3 is 5.97 Å². The third-order valence-corrected chi connectivity index (χ3v) is 4.53. The molecule has 3 aromatic carbocycles. The number of carbonyl (C=O) groups is 3. The van der Waals surface area contributed by atoms with Gasteiger partial charge in [-0.25, -0.2) is 4.79 Å². The van der Waals surface area contributed by atoms with E-state index in [1.807, 2.05) is 0 Å². The van der Waals surface area contributed by atoms with Crippen molar-refractivity contribution in [3.63, 3.8) is 0 Å². The zero-order chi connectivity index (χ0) is 22.1. The zero-order valence-corrected chi connectivity index (χ0v) is 17.4. The summed E-state index contributed by atoms with van der Waals surface area (Å²) >= 11 is 5.84. The molecule has 0 radical (unpaired) electrons. The normalized spacial score (nSPS) is 10.9. The number of imide groups is 1. The third kappa shape index (κ3) is 5.90. The highest BCUT2D eigenvalue weighted by Gasteiger charge is 2.23. The van der Waals surface area contributed by atoms with Gasteiger partial charge in [-0.05, 0) is 24.3 Å². The average molecular weight is 434 g/mol. The van der Waals surface area contributed by atoms with E-state index in [0.717, 1.165) is 11.0 Å². The smallest absolute Gasteiger partial charge is 0.343 e. The number of carbonyl (C=O) groups excluding carboxylic acids is 3. The van der Waals surface area contributed by atoms with Crippen LogP contribution in [0.25, 0.3) is 5.76 Å². The van der Waals surface area contributed by atoms with E-state index in [0.29, 0.717) is 16.7 Å². The van der Waals surface area contributed by atoms with Crippen LogP contribution in [0.15, 0.2) is 97.1 Å². The molecule has 0 N–H and O–H groups in total. The number of hydrogen-bond acceptors (Lipinski definition) is 4. The first-order valence-electron chi connectivity index (χ1n) is 9.61. The van der Waals surface area contributed by atoms with Gasteiger partial charge < -0.3 is 4.74 Å². The maximum atomic E-state index is 13.0. The molecule has 3 rings (SSSR count). The van der Waals surface area contributed by atoms with Crippen LogP contribution in [0.4, 0.5) is 0 Å². The van der Waals surface area contributed by atoms with E-state index in [4.69, 9.17) is 16.3 Å². The van der Waals surface area contributed by atoms with Crippen molar-refractivity contribution in [2.24, 2.45) is 0 Å². The molecule has 0 bridgehead atoms. The van der Waals surface area contributed by atoms with Gasteiger partial charge in [-0.15, -0.1) is 11.6 Å². The second kappa shape index (κ2) is 10.9. The Morgan fingerprint density at radius 2 is 1.23 bits per heavy atom. The van der Waals surface area contributed by atoms with Crippen LogP contribution >= 0.6 is 11.6 Å². The van der Waals surface area contributed by atoms with Crippen molar-refractivity contribution in [3.05, 3.63) is 114 Å². The molecule has 0 saturated carbocycles. The van der Waals surface area contributed by atoms with Gasteiger partial charge in [0.1, 0.15) is 5.76 Å². The molecule has 0 spiro atoms. The third-order valence-electron chi connectivity index (χ3n) is 4.37. The van der Waals surface area contributed by atoms with Gasteiger partial charge in [0, 0.05) is 29.6 Å². The Hall–Kier alpha value is -3.70. The molecular formula is C25H20ClNO4. The Bertz CT molecular complexity index is 1070. The van der Waals surface area contributed by atoms with E-state index in [1.54, 1.807) is 91.0 Å². The van der Waals surface area contributed by atoms with Gasteiger partial charge in [0.2, 0.25) is 0 Å². The largest absolute Gasteiger partial charge is 0.422 e. The quantitative estimate of drug-likeness (QED) is 0.232. The minimum atomic E-state index is -0.630. The van der Waals surface area contributed by atoms with E-state index in [9.17, 15) is 14.4 Å². The molecule has 156 valence electrons. The van der Waals surface area contributed by atoms with Crippen molar-refractivity contribution in [3.8, 4) is 0 Å². The van der Waals surface area contributed by atoms with Gasteiger partial charge in [0.05, 0.1) is 5.56 Å². The lowest BCUT2D eigenvalue weighted by Crippen LogP contribution is -2.37. The van der Waals surface area contributed by atoms with Gasteiger partial charge in [0.15, 0.2) is 0 Å². The molecule has 0 fully saturated rings. The molecule has 31 heavy (non-hydrogen) atoms. The molecule has 0 unspecified atom stereocenters. The summed E-state index contributed by atoms with van der Waals surface area (Å²) < 4.78 is 5.54. The summed E-state index contributed by atoms with van der Waals surface area (Å²) in [5.74, 6) is -1.61. The van der Waals surface area contributed by atoms with Crippen LogP contribution in [-0.2, 0) is 9.53 Å². The zero-order valence-electron chi connectivity index (χ0n) is 16.6. The van der Waals surface area contributed by atoms with Gasteiger partial charge in [-0.3, -0.25) is 14.5 Å². The van der Waals surface area contributed by atoms with E-state index in [1.165, 1.54) is 0 Å². The summed E-state index contributed by atoms with van der Waals surface area (Å²) in [7, 11) is 0. The summed E-state index contributed by atoms with van der Waals surface area (Å²) in [6, 6.07) is 25.6. The predicted molar refractivity (Wildman–Crippen MR) is 119 cm³/mol. The number of alkyl halides is 1. The summed E-state index contributed by atoms with van der Waals surface area (Å²) in [4.78, 5) is 39.5. The SMILES string of the molecule is O=C(O/C(=C/C(=O)N(CCCl)C(=O)c1ccccc1)c1ccccc1)c1ccccc1. The van der Waals surface area contributed by atoms with Crippen molar-refractivity contribution in [2.45, 2.75) is 0 Å². The standard InChI is InChI=1S/C25H20ClNO4/c26-16-17-27(24(29)20-12-6-2-7-13-20)23(28)18-22(19-10-4-1-5-11-19)31-25(30)21-14-8-3-9-15-21/h1-15,18H,16-17H2/b22-18+. The van der Waals surface area contributed by atoms with E-state index in [-0.39, 0.29) is 18.2 Å². The Balaban J connectivity index is 1.92. The monoisotopic (exact) mass is 433 g/mol. The molecule has 0 aliphatic carbocycles. The lowest BCUT2D eigenvalue weighted by Gasteiger charge is -2.19. The number of ether oxygens (including phenoxy) is 1. The Morgan fingerprint density at radius 1 is 0.742 bits per heavy atom. The molecule has 0 saturated heterocycles. The molecule has 5 nitrogen and oxygen atoms in total. The first-order valence-corrected chi connectivity index (χ1v) is 10.1. The Kier molecular flexibility index (Phi) is 7.73. The van der Waals surface area contributed by atoms with E-state index in [2.05, 4.69) is 0 Å². The van der Waals surface area contributed by atoms with Crippen molar-refractivity contribution >= 4 is 35.1 Å². The highest BCUT2D eigenvalue weighted by Crippen LogP contribution is 2.19. The van der Waals surface area contributed by atoms with E-state index < -0.39 is 17.8 Å². The van der Waals surface area contributed by atoms with Crippen molar-refractivity contribution in [2.75, 3.05) is 12.4 Å². The predicted octanol–water partition coefficient (Wildman–Crippen LogP) is 4.79. The summed E-state index contributed by atoms with van der Waals surface area (Å²) in [5.41, 5.74) is 1.23. The van der Waals surface area contributed by atoms with Gasteiger partial charge in [0.25, 0.3) is 11.8 Å². The minimum Gasteiger partial charge on any atom is -0.422 e. The molecule has 6 heteroatoms. The Morgan fingerprint density at radius 3 is 1.74 bits per heavy atom. The average Bonchev–Trinajstić information content (AvgIpc) is 2.83. The molecule has 0 heterocycles. The summed E-state index contributed by atoms with van der Waals surface area (Å²) in [6.07, 6.45) is 1.14. The van der Waals surface area contributed by atoms with Crippen LogP contribution in [0.2, 0.25) is 0 Å². The molecule has 3 aromatic rings. The number of amides is 2. The molecule has 0 aliphatic heterocycles. The lowest BCUT2D eigenvalue weighted by atomic mass is 10.1. The Labute approximate surface area is 185 Å². The van der Waals surface area contributed by atoms with Crippen LogP contribution in [0.3, 0.4) is 0 Å². The number of nitrogens with zero attached hydrogens (tertiary/aromatic N) is 1. The molecule has 0 aromatic heterocycles. The number of esters is 1. The number of hydrogen-bond donors (Lipinski definition) is 0. The number of rotatable bonds is 7. The summed E-state index contributed by atoms with van der Waals surface area (Å²) in [5, 5.41) is 0. The molecule has 0 aliphatic rings. The number of halogens is 1. The van der Waals surface area contributed by atoms with Crippen molar-refractivity contribution in [1.82, 2.24) is 4.90 Å². The second-order valence-corrected chi connectivity index (χ2v) is 6.86. The number of benzene rings is 3. The van der Waals surface area contributed by atoms with Crippen molar-refractivity contribution < 1.29 is 19.1 Å². The lowest BCUT2D eigenvalue weighted by molar-refractivity contribution is -0.123. The van der Waals surface area contributed by atoms with Crippen LogP contribution in [0.5, 0.6) is 0 Å². The highest BCUT2D eigenvalue weighted by molar-refractivity contribution is 6.18. The second-order valence-electron chi connectivity index (χ2n) is 6.48. The van der Waals surface area contributed by atoms with E-state index >= 15 is 0 Å². The molecule has 2 amide bonds. The topological polar surface area (TPSA) is 63.7 Å².